The van der Waals surface area contributed by atoms with E-state index in [1.165, 1.54) is 0 Å². The number of hydrogen-bond donors (Lipinski definition) is 1. The molecular formula is C31H40N2O3. The van der Waals surface area contributed by atoms with Crippen LogP contribution in [0.15, 0.2) is 59.8 Å². The molecular weight excluding hydrogens is 448 g/mol. The molecule has 2 aromatic rings. The lowest BCUT2D eigenvalue weighted by atomic mass is 9.73. The van der Waals surface area contributed by atoms with Gasteiger partial charge in [-0.15, -0.1) is 0 Å². The maximum absolute atomic E-state index is 14.0. The summed E-state index contributed by atoms with van der Waals surface area (Å²) >= 11 is 0. The Labute approximate surface area is 215 Å². The van der Waals surface area contributed by atoms with Gasteiger partial charge in [0.15, 0.2) is 5.78 Å². The van der Waals surface area contributed by atoms with Crippen molar-refractivity contribution in [2.24, 2.45) is 5.41 Å². The van der Waals surface area contributed by atoms with E-state index in [4.69, 9.17) is 4.74 Å². The molecule has 5 nitrogen and oxygen atoms in total. The maximum Gasteiger partial charge on any atom is 0.227 e. The summed E-state index contributed by atoms with van der Waals surface area (Å²) in [6, 6.07) is 15.3. The molecule has 1 N–H and O–H groups in total. The van der Waals surface area contributed by atoms with Gasteiger partial charge in [0.05, 0.1) is 23.5 Å². The highest BCUT2D eigenvalue weighted by Crippen LogP contribution is 2.50. The van der Waals surface area contributed by atoms with E-state index in [-0.39, 0.29) is 23.2 Å². The molecule has 2 aliphatic rings. The van der Waals surface area contributed by atoms with Gasteiger partial charge in [-0.25, -0.2) is 0 Å². The minimum atomic E-state index is -0.547. The molecule has 0 saturated carbocycles. The first-order valence-corrected chi connectivity index (χ1v) is 13.5. The van der Waals surface area contributed by atoms with Crippen LogP contribution >= 0.6 is 0 Å². The van der Waals surface area contributed by atoms with E-state index in [2.05, 4.69) is 33.0 Å². The van der Waals surface area contributed by atoms with Gasteiger partial charge in [-0.2, -0.15) is 0 Å². The van der Waals surface area contributed by atoms with Crippen LogP contribution in [0.4, 0.5) is 11.4 Å². The molecule has 2 atom stereocenters. The summed E-state index contributed by atoms with van der Waals surface area (Å²) in [5, 5.41) is 3.59. The molecule has 0 fully saturated rings. The quantitative estimate of drug-likeness (QED) is 0.389. The van der Waals surface area contributed by atoms with Crippen LogP contribution in [0.3, 0.4) is 0 Å². The van der Waals surface area contributed by atoms with Crippen molar-refractivity contribution in [1.82, 2.24) is 0 Å². The fourth-order valence-electron chi connectivity index (χ4n) is 5.32. The van der Waals surface area contributed by atoms with E-state index in [1.807, 2.05) is 60.4 Å². The van der Waals surface area contributed by atoms with Crippen LogP contribution in [0.1, 0.15) is 91.2 Å². The monoisotopic (exact) mass is 488 g/mol. The number of benzene rings is 2. The van der Waals surface area contributed by atoms with Crippen molar-refractivity contribution in [3.8, 4) is 5.75 Å². The van der Waals surface area contributed by atoms with Crippen LogP contribution in [0.25, 0.3) is 0 Å². The first-order valence-electron chi connectivity index (χ1n) is 13.5. The summed E-state index contributed by atoms with van der Waals surface area (Å²) in [4.78, 5) is 29.7. The molecule has 0 bridgehead atoms. The number of anilines is 2. The van der Waals surface area contributed by atoms with E-state index >= 15 is 0 Å². The number of nitrogens with one attached hydrogen (secondary N) is 1. The molecule has 2 aromatic carbocycles. The number of para-hydroxylation sites is 3. The molecule has 192 valence electrons. The molecule has 0 aromatic heterocycles. The normalized spacial score (nSPS) is 19.6. The van der Waals surface area contributed by atoms with Gasteiger partial charge < -0.3 is 10.1 Å². The Bertz CT molecular complexity index is 1150. The second-order valence-corrected chi connectivity index (χ2v) is 11.0. The van der Waals surface area contributed by atoms with Crippen LogP contribution < -0.4 is 15.0 Å². The number of ketones is 1. The number of amides is 1. The molecule has 1 aliphatic heterocycles. The third kappa shape index (κ3) is 5.35. The van der Waals surface area contributed by atoms with Gasteiger partial charge in [-0.1, -0.05) is 70.9 Å². The van der Waals surface area contributed by atoms with Gasteiger partial charge in [0.1, 0.15) is 5.75 Å². The first kappa shape index (κ1) is 26.0. The number of unbranched alkanes of at least 4 members (excludes halogenated alkanes) is 2. The SMILES string of the molecule is CCCCCC(=O)N1c2ccccc2NC2=C(C(=O)CC(C)(C)C2)[C@H]1c1ccccc1O[C@H](C)CC. The minimum Gasteiger partial charge on any atom is -0.490 e. The fraction of sp³-hybridized carbons (Fsp3) is 0.484. The summed E-state index contributed by atoms with van der Waals surface area (Å²) in [6.07, 6.45) is 5.39. The largest absolute Gasteiger partial charge is 0.490 e. The minimum absolute atomic E-state index is 0.0190. The van der Waals surface area contributed by atoms with Crippen LogP contribution in [0, 0.1) is 5.41 Å². The average Bonchev–Trinajstić information content (AvgIpc) is 2.98. The third-order valence-electron chi connectivity index (χ3n) is 7.28. The molecule has 1 amide bonds. The number of Topliss-reactive ketones (excluding diaryl/α,β-unsaturated/α-hetero) is 1. The van der Waals surface area contributed by atoms with E-state index in [0.717, 1.165) is 60.5 Å². The van der Waals surface area contributed by atoms with E-state index < -0.39 is 6.04 Å². The highest BCUT2D eigenvalue weighted by molar-refractivity contribution is 6.06. The lowest BCUT2D eigenvalue weighted by Crippen LogP contribution is -2.39. The number of ether oxygens (including phenoxy) is 1. The highest BCUT2D eigenvalue weighted by atomic mass is 16.5. The lowest BCUT2D eigenvalue weighted by Gasteiger charge is -2.37. The summed E-state index contributed by atoms with van der Waals surface area (Å²) in [7, 11) is 0. The molecule has 0 spiro atoms. The first-order chi connectivity index (χ1) is 17.3. The topological polar surface area (TPSA) is 58.6 Å². The Balaban J connectivity index is 1.95. The second-order valence-electron chi connectivity index (χ2n) is 11.0. The summed E-state index contributed by atoms with van der Waals surface area (Å²) in [5.74, 6) is 0.857. The third-order valence-corrected chi connectivity index (χ3v) is 7.28. The van der Waals surface area contributed by atoms with Gasteiger partial charge in [0, 0.05) is 29.7 Å². The van der Waals surface area contributed by atoms with Gasteiger partial charge >= 0.3 is 0 Å². The Morgan fingerprint density at radius 3 is 2.56 bits per heavy atom. The number of fused-ring (bicyclic) bond motifs is 1. The van der Waals surface area contributed by atoms with E-state index in [0.29, 0.717) is 18.4 Å². The molecule has 1 heterocycles. The second kappa shape index (κ2) is 10.9. The zero-order chi connectivity index (χ0) is 25.9. The van der Waals surface area contributed by atoms with Crippen molar-refractivity contribution >= 4 is 23.1 Å². The summed E-state index contributed by atoms with van der Waals surface area (Å²) in [6.45, 7) is 10.6. The van der Waals surface area contributed by atoms with Crippen LogP contribution in [0.2, 0.25) is 0 Å². The molecule has 0 radical (unpaired) electrons. The highest BCUT2D eigenvalue weighted by Gasteiger charge is 2.44. The standard InChI is InChI=1S/C31H40N2O3/c1-6-8-9-18-28(35)33-25-16-12-11-15-23(25)32-24-19-31(4,5)20-26(34)29(24)30(33)22-14-10-13-17-27(22)36-21(3)7-2/h10-17,21,30,32H,6-9,18-20H2,1-5H3/t21-,30-/m1/s1. The van der Waals surface area contributed by atoms with Crippen molar-refractivity contribution in [1.29, 1.82) is 0 Å². The molecule has 4 rings (SSSR count). The predicted molar refractivity (Wildman–Crippen MR) is 146 cm³/mol. The molecule has 0 unspecified atom stereocenters. The number of rotatable bonds is 8. The Kier molecular flexibility index (Phi) is 7.87. The maximum atomic E-state index is 14.0. The molecule has 1 aliphatic carbocycles. The van der Waals surface area contributed by atoms with Crippen molar-refractivity contribution in [2.45, 2.75) is 91.7 Å². The number of hydrogen-bond acceptors (Lipinski definition) is 4. The average molecular weight is 489 g/mol. The van der Waals surface area contributed by atoms with Crippen LogP contribution in [-0.4, -0.2) is 17.8 Å². The van der Waals surface area contributed by atoms with Gasteiger partial charge in [0.25, 0.3) is 0 Å². The number of carbonyl (C=O) groups excluding carboxylic acids is 2. The summed E-state index contributed by atoms with van der Waals surface area (Å²) in [5.41, 5.74) is 3.98. The van der Waals surface area contributed by atoms with Gasteiger partial charge in [0.2, 0.25) is 5.91 Å². The number of allylic oxidation sites excluding steroid dienone is 1. The number of nitrogens with zero attached hydrogens (tertiary/aromatic N) is 1. The van der Waals surface area contributed by atoms with E-state index in [1.54, 1.807) is 0 Å². The Morgan fingerprint density at radius 2 is 1.81 bits per heavy atom. The predicted octanol–water partition coefficient (Wildman–Crippen LogP) is 7.59. The van der Waals surface area contributed by atoms with Crippen molar-refractivity contribution in [2.75, 3.05) is 10.2 Å². The Morgan fingerprint density at radius 1 is 1.08 bits per heavy atom. The zero-order valence-corrected chi connectivity index (χ0v) is 22.4. The van der Waals surface area contributed by atoms with E-state index in [9.17, 15) is 9.59 Å². The van der Waals surface area contributed by atoms with Crippen molar-refractivity contribution in [3.05, 3.63) is 65.4 Å². The van der Waals surface area contributed by atoms with Crippen molar-refractivity contribution in [3.63, 3.8) is 0 Å². The van der Waals surface area contributed by atoms with Crippen LogP contribution in [0.5, 0.6) is 5.75 Å². The Hall–Kier alpha value is -3.08. The molecule has 5 heteroatoms. The summed E-state index contributed by atoms with van der Waals surface area (Å²) < 4.78 is 6.37. The lowest BCUT2D eigenvalue weighted by molar-refractivity contribution is -0.119. The van der Waals surface area contributed by atoms with Crippen molar-refractivity contribution < 1.29 is 14.3 Å². The number of carbonyl (C=O) groups is 2. The smallest absolute Gasteiger partial charge is 0.227 e. The molecule has 36 heavy (non-hydrogen) atoms. The zero-order valence-electron chi connectivity index (χ0n) is 22.4. The fourth-order valence-corrected chi connectivity index (χ4v) is 5.32. The molecule has 0 saturated heterocycles. The van der Waals surface area contributed by atoms with Crippen LogP contribution in [-0.2, 0) is 9.59 Å². The van der Waals surface area contributed by atoms with Gasteiger partial charge in [-0.05, 0) is 49.8 Å². The van der Waals surface area contributed by atoms with Gasteiger partial charge in [-0.3, -0.25) is 14.5 Å².